The number of ether oxygens (including phenoxy) is 1. The summed E-state index contributed by atoms with van der Waals surface area (Å²) in [5.74, 6) is -3.33. The number of carboxylic acids is 1. The van der Waals surface area contributed by atoms with E-state index in [9.17, 15) is 24.1 Å². The number of nitrogens with zero attached hydrogens (tertiary/aromatic N) is 1. The number of carbonyl (C=O) groups excluding carboxylic acids is 1. The van der Waals surface area contributed by atoms with Gasteiger partial charge in [0.25, 0.3) is 11.6 Å². The molecule has 0 aliphatic carbocycles. The highest BCUT2D eigenvalue weighted by Crippen LogP contribution is 2.17. The molecule has 1 rings (SSSR count). The van der Waals surface area contributed by atoms with Crippen LogP contribution in [0.5, 0.6) is 0 Å². The van der Waals surface area contributed by atoms with Gasteiger partial charge in [0.15, 0.2) is 0 Å². The maximum Gasteiger partial charge on any atom is 0.326 e. The first-order valence-corrected chi connectivity index (χ1v) is 5.83. The van der Waals surface area contributed by atoms with Crippen molar-refractivity contribution in [2.24, 2.45) is 0 Å². The zero-order chi connectivity index (χ0) is 16.0. The molecule has 1 aromatic rings. The number of non-ortho nitro benzene ring substituents is 1. The van der Waals surface area contributed by atoms with Crippen molar-refractivity contribution in [3.8, 4) is 0 Å². The van der Waals surface area contributed by atoms with E-state index < -0.39 is 39.9 Å². The SMILES string of the molecule is COCCC(NC(=O)c1cc([N+](=O)[O-])ccc1F)C(=O)O. The van der Waals surface area contributed by atoms with E-state index in [4.69, 9.17) is 9.84 Å². The van der Waals surface area contributed by atoms with Crippen LogP contribution in [-0.4, -0.2) is 41.7 Å². The lowest BCUT2D eigenvalue weighted by Gasteiger charge is -2.14. The Balaban J connectivity index is 2.94. The Morgan fingerprint density at radius 3 is 2.71 bits per heavy atom. The highest BCUT2D eigenvalue weighted by Gasteiger charge is 2.23. The number of nitro groups is 1. The molecule has 0 aromatic heterocycles. The van der Waals surface area contributed by atoms with E-state index >= 15 is 0 Å². The van der Waals surface area contributed by atoms with Gasteiger partial charge in [0.05, 0.1) is 10.5 Å². The van der Waals surface area contributed by atoms with Gasteiger partial charge in [0, 0.05) is 32.3 Å². The number of amides is 1. The van der Waals surface area contributed by atoms with Crippen LogP contribution in [0.4, 0.5) is 10.1 Å². The van der Waals surface area contributed by atoms with Crippen LogP contribution in [0.25, 0.3) is 0 Å². The number of hydrogen-bond acceptors (Lipinski definition) is 5. The molecule has 0 radical (unpaired) electrons. The van der Waals surface area contributed by atoms with Gasteiger partial charge in [-0.05, 0) is 6.07 Å². The van der Waals surface area contributed by atoms with E-state index in [0.717, 1.165) is 18.2 Å². The highest BCUT2D eigenvalue weighted by molar-refractivity contribution is 5.97. The van der Waals surface area contributed by atoms with E-state index in [1.165, 1.54) is 7.11 Å². The number of benzene rings is 1. The lowest BCUT2D eigenvalue weighted by atomic mass is 10.1. The Morgan fingerprint density at radius 1 is 1.52 bits per heavy atom. The van der Waals surface area contributed by atoms with Crippen LogP contribution in [0.1, 0.15) is 16.8 Å². The topological polar surface area (TPSA) is 119 Å². The highest BCUT2D eigenvalue weighted by atomic mass is 19.1. The predicted octanol–water partition coefficient (Wildman–Crippen LogP) is 0.953. The van der Waals surface area contributed by atoms with Crippen molar-refractivity contribution in [3.05, 3.63) is 39.7 Å². The van der Waals surface area contributed by atoms with Gasteiger partial charge in [-0.3, -0.25) is 14.9 Å². The second-order valence-electron chi connectivity index (χ2n) is 4.07. The Morgan fingerprint density at radius 2 is 2.19 bits per heavy atom. The third kappa shape index (κ3) is 4.49. The molecule has 0 aliphatic rings. The maximum absolute atomic E-state index is 13.5. The number of hydrogen-bond donors (Lipinski definition) is 2. The molecule has 0 bridgehead atoms. The Hall–Kier alpha value is -2.55. The minimum Gasteiger partial charge on any atom is -0.480 e. The summed E-state index contributed by atoms with van der Waals surface area (Å²) in [7, 11) is 1.36. The quantitative estimate of drug-likeness (QED) is 0.571. The fourth-order valence-corrected chi connectivity index (χ4v) is 1.53. The Labute approximate surface area is 118 Å². The minimum atomic E-state index is -1.31. The molecular formula is C12H13FN2O6. The second kappa shape index (κ2) is 7.29. The maximum atomic E-state index is 13.5. The first kappa shape index (κ1) is 16.5. The molecule has 1 unspecified atom stereocenters. The number of halogens is 1. The molecule has 0 fully saturated rings. The minimum absolute atomic E-state index is 0.0197. The second-order valence-corrected chi connectivity index (χ2v) is 4.07. The monoisotopic (exact) mass is 300 g/mol. The number of nitrogens with one attached hydrogen (secondary N) is 1. The smallest absolute Gasteiger partial charge is 0.326 e. The lowest BCUT2D eigenvalue weighted by molar-refractivity contribution is -0.384. The van der Waals surface area contributed by atoms with Crippen molar-refractivity contribution < 1.29 is 28.7 Å². The molecule has 21 heavy (non-hydrogen) atoms. The van der Waals surface area contributed by atoms with Gasteiger partial charge in [0.1, 0.15) is 11.9 Å². The number of nitro benzene ring substituents is 1. The van der Waals surface area contributed by atoms with Crippen LogP contribution in [0.15, 0.2) is 18.2 Å². The van der Waals surface area contributed by atoms with Crippen LogP contribution >= 0.6 is 0 Å². The molecule has 8 nitrogen and oxygen atoms in total. The van der Waals surface area contributed by atoms with Gasteiger partial charge in [-0.25, -0.2) is 9.18 Å². The van der Waals surface area contributed by atoms with Crippen molar-refractivity contribution in [1.82, 2.24) is 5.32 Å². The average Bonchev–Trinajstić information content (AvgIpc) is 2.42. The molecule has 2 N–H and O–H groups in total. The first-order valence-electron chi connectivity index (χ1n) is 5.83. The van der Waals surface area contributed by atoms with E-state index in [1.807, 2.05) is 0 Å². The van der Waals surface area contributed by atoms with Crippen LogP contribution in [0.2, 0.25) is 0 Å². The third-order valence-corrected chi connectivity index (χ3v) is 2.62. The standard InChI is InChI=1S/C12H13FN2O6/c1-21-5-4-10(12(17)18)14-11(16)8-6-7(15(19)20)2-3-9(8)13/h2-3,6,10H,4-5H2,1H3,(H,14,16)(H,17,18). The third-order valence-electron chi connectivity index (χ3n) is 2.62. The van der Waals surface area contributed by atoms with Gasteiger partial charge < -0.3 is 15.2 Å². The number of aliphatic carboxylic acids is 1. The van der Waals surface area contributed by atoms with Gasteiger partial charge in [-0.15, -0.1) is 0 Å². The van der Waals surface area contributed by atoms with Crippen molar-refractivity contribution in [2.45, 2.75) is 12.5 Å². The summed E-state index contributed by atoms with van der Waals surface area (Å²) in [6.45, 7) is 0.0780. The summed E-state index contributed by atoms with van der Waals surface area (Å²) >= 11 is 0. The van der Waals surface area contributed by atoms with Crippen LogP contribution < -0.4 is 5.32 Å². The largest absolute Gasteiger partial charge is 0.480 e. The fourth-order valence-electron chi connectivity index (χ4n) is 1.53. The molecule has 114 valence electrons. The number of rotatable bonds is 7. The molecule has 1 amide bonds. The van der Waals surface area contributed by atoms with Crippen molar-refractivity contribution in [2.75, 3.05) is 13.7 Å². The van der Waals surface area contributed by atoms with E-state index in [0.29, 0.717) is 0 Å². The van der Waals surface area contributed by atoms with Crippen LogP contribution in [0.3, 0.4) is 0 Å². The van der Waals surface area contributed by atoms with Crippen molar-refractivity contribution in [1.29, 1.82) is 0 Å². The van der Waals surface area contributed by atoms with Gasteiger partial charge in [-0.1, -0.05) is 0 Å². The summed E-state index contributed by atoms with van der Waals surface area (Å²) in [6.07, 6.45) is -0.0197. The molecule has 1 aromatic carbocycles. The Kier molecular flexibility index (Phi) is 5.73. The molecule has 1 atom stereocenters. The van der Waals surface area contributed by atoms with Gasteiger partial charge in [0.2, 0.25) is 0 Å². The van der Waals surface area contributed by atoms with Crippen LogP contribution in [-0.2, 0) is 9.53 Å². The Bertz CT molecular complexity index is 563. The van der Waals surface area contributed by atoms with Crippen molar-refractivity contribution in [3.63, 3.8) is 0 Å². The van der Waals surface area contributed by atoms with E-state index in [2.05, 4.69) is 5.32 Å². The fraction of sp³-hybridized carbons (Fsp3) is 0.333. The predicted molar refractivity (Wildman–Crippen MR) is 68.4 cm³/mol. The number of methoxy groups -OCH3 is 1. The first-order chi connectivity index (χ1) is 9.86. The summed E-state index contributed by atoms with van der Waals surface area (Å²) in [5, 5.41) is 21.6. The van der Waals surface area contributed by atoms with Crippen LogP contribution in [0, 0.1) is 15.9 Å². The number of carbonyl (C=O) groups is 2. The molecule has 0 aliphatic heterocycles. The average molecular weight is 300 g/mol. The normalized spacial score (nSPS) is 11.7. The molecule has 0 heterocycles. The summed E-state index contributed by atoms with van der Waals surface area (Å²) < 4.78 is 18.2. The molecule has 9 heteroatoms. The van der Waals surface area contributed by atoms with Gasteiger partial charge in [-0.2, -0.15) is 0 Å². The summed E-state index contributed by atoms with van der Waals surface area (Å²) in [6, 6.07) is 1.15. The lowest BCUT2D eigenvalue weighted by Crippen LogP contribution is -2.41. The zero-order valence-corrected chi connectivity index (χ0v) is 11.0. The molecular weight excluding hydrogens is 287 g/mol. The van der Waals surface area contributed by atoms with E-state index in [1.54, 1.807) is 0 Å². The molecule has 0 saturated heterocycles. The molecule has 0 spiro atoms. The summed E-state index contributed by atoms with van der Waals surface area (Å²) in [4.78, 5) is 32.6. The molecule has 0 saturated carbocycles. The summed E-state index contributed by atoms with van der Waals surface area (Å²) in [5.41, 5.74) is -1.06. The van der Waals surface area contributed by atoms with E-state index in [-0.39, 0.29) is 13.0 Å². The number of carboxylic acid groups (broad SMARTS) is 1. The van der Waals surface area contributed by atoms with Gasteiger partial charge >= 0.3 is 5.97 Å². The van der Waals surface area contributed by atoms with Crippen molar-refractivity contribution >= 4 is 17.6 Å². The zero-order valence-electron chi connectivity index (χ0n) is 11.0.